The highest BCUT2D eigenvalue weighted by atomic mass is 16.5. The summed E-state index contributed by atoms with van der Waals surface area (Å²) in [5, 5.41) is 0. The van der Waals surface area contributed by atoms with Crippen molar-refractivity contribution in [1.82, 2.24) is 0 Å². The number of hydrogen-bond acceptors (Lipinski definition) is 1. The fourth-order valence-corrected chi connectivity index (χ4v) is 1.63. The Labute approximate surface area is 96.1 Å². The topological polar surface area (TPSA) is 13.1 Å². The van der Waals surface area contributed by atoms with Gasteiger partial charge in [-0.3, -0.25) is 0 Å². The minimum absolute atomic E-state index is 0.913. The average Bonchev–Trinajstić information content (AvgIpc) is 2.38. The molecule has 1 aromatic heterocycles. The Bertz CT molecular complexity index is 422. The van der Waals surface area contributed by atoms with Crippen molar-refractivity contribution in [3.63, 3.8) is 0 Å². The van der Waals surface area contributed by atoms with Crippen LogP contribution in [0.25, 0.3) is 0 Å². The molecule has 1 heterocycles. The first-order chi connectivity index (χ1) is 7.88. The first kappa shape index (κ1) is 10.7. The van der Waals surface area contributed by atoms with Crippen LogP contribution in [0.1, 0.15) is 5.56 Å². The van der Waals surface area contributed by atoms with Gasteiger partial charge in [0, 0.05) is 18.6 Å². The summed E-state index contributed by atoms with van der Waals surface area (Å²) >= 11 is 0. The molecule has 0 bridgehead atoms. The molecule has 0 atom stereocenters. The van der Waals surface area contributed by atoms with Gasteiger partial charge in [-0.25, -0.2) is 4.57 Å². The van der Waals surface area contributed by atoms with Crippen molar-refractivity contribution in [2.75, 3.05) is 7.11 Å². The van der Waals surface area contributed by atoms with Gasteiger partial charge in [0.1, 0.15) is 5.75 Å². The standard InChI is InChI=1S/C14H16NO/c1-16-14-7-5-13(6-8-14)9-12-15-10-3-2-4-11-15/h2-8,10-11H,9,12H2,1H3/q+1. The molecule has 82 valence electrons. The van der Waals surface area contributed by atoms with Crippen LogP contribution < -0.4 is 9.30 Å². The van der Waals surface area contributed by atoms with Crippen LogP contribution in [0.3, 0.4) is 0 Å². The van der Waals surface area contributed by atoms with Gasteiger partial charge in [-0.05, 0) is 17.7 Å². The smallest absolute Gasteiger partial charge is 0.168 e. The Hall–Kier alpha value is -1.83. The second-order valence-corrected chi connectivity index (χ2v) is 3.71. The zero-order chi connectivity index (χ0) is 11.2. The SMILES string of the molecule is COc1ccc(CC[n+]2ccccc2)cc1. The summed E-state index contributed by atoms with van der Waals surface area (Å²) in [4.78, 5) is 0. The molecule has 16 heavy (non-hydrogen) atoms. The third-order valence-corrected chi connectivity index (χ3v) is 2.60. The highest BCUT2D eigenvalue weighted by molar-refractivity contribution is 5.26. The first-order valence-corrected chi connectivity index (χ1v) is 5.45. The van der Waals surface area contributed by atoms with Gasteiger partial charge < -0.3 is 4.74 Å². The third-order valence-electron chi connectivity index (χ3n) is 2.60. The van der Waals surface area contributed by atoms with Gasteiger partial charge in [0.25, 0.3) is 0 Å². The zero-order valence-corrected chi connectivity index (χ0v) is 9.47. The fourth-order valence-electron chi connectivity index (χ4n) is 1.63. The van der Waals surface area contributed by atoms with E-state index >= 15 is 0 Å². The minimum atomic E-state index is 0.913. The molecule has 0 spiro atoms. The molecule has 0 amide bonds. The van der Waals surface area contributed by atoms with Crippen molar-refractivity contribution >= 4 is 0 Å². The van der Waals surface area contributed by atoms with Crippen LogP contribution in [0.5, 0.6) is 5.75 Å². The molecule has 2 nitrogen and oxygen atoms in total. The zero-order valence-electron chi connectivity index (χ0n) is 9.47. The molecule has 0 aliphatic rings. The molecule has 0 unspecified atom stereocenters. The molecule has 0 N–H and O–H groups in total. The van der Waals surface area contributed by atoms with E-state index in [2.05, 4.69) is 29.1 Å². The van der Waals surface area contributed by atoms with Crippen LogP contribution in [0.2, 0.25) is 0 Å². The number of nitrogens with zero attached hydrogens (tertiary/aromatic N) is 1. The normalized spacial score (nSPS) is 10.1. The number of hydrogen-bond donors (Lipinski definition) is 0. The lowest BCUT2D eigenvalue weighted by Gasteiger charge is -2.01. The lowest BCUT2D eigenvalue weighted by Crippen LogP contribution is -2.33. The van der Waals surface area contributed by atoms with Crippen molar-refractivity contribution in [1.29, 1.82) is 0 Å². The van der Waals surface area contributed by atoms with Gasteiger partial charge in [0.2, 0.25) is 0 Å². The lowest BCUT2D eigenvalue weighted by molar-refractivity contribution is -0.696. The molecule has 0 radical (unpaired) electrons. The van der Waals surface area contributed by atoms with Crippen LogP contribution in [0.4, 0.5) is 0 Å². The van der Waals surface area contributed by atoms with Crippen LogP contribution in [-0.4, -0.2) is 7.11 Å². The molecule has 0 aliphatic heterocycles. The van der Waals surface area contributed by atoms with Crippen molar-refractivity contribution in [2.45, 2.75) is 13.0 Å². The molecule has 1 aromatic carbocycles. The van der Waals surface area contributed by atoms with Crippen LogP contribution >= 0.6 is 0 Å². The van der Waals surface area contributed by atoms with Crippen molar-refractivity contribution in [2.24, 2.45) is 0 Å². The predicted octanol–water partition coefficient (Wildman–Crippen LogP) is 2.23. The number of pyridine rings is 1. The van der Waals surface area contributed by atoms with Crippen molar-refractivity contribution in [3.05, 3.63) is 60.4 Å². The summed E-state index contributed by atoms with van der Waals surface area (Å²) in [6.45, 7) is 1.01. The van der Waals surface area contributed by atoms with E-state index in [1.807, 2.05) is 30.3 Å². The first-order valence-electron chi connectivity index (χ1n) is 5.45. The van der Waals surface area contributed by atoms with E-state index in [-0.39, 0.29) is 0 Å². The van der Waals surface area contributed by atoms with Gasteiger partial charge >= 0.3 is 0 Å². The molecular formula is C14H16NO+. The van der Waals surface area contributed by atoms with Gasteiger partial charge in [-0.15, -0.1) is 0 Å². The van der Waals surface area contributed by atoms with E-state index in [9.17, 15) is 0 Å². The fraction of sp³-hybridized carbons (Fsp3) is 0.214. The molecule has 2 aromatic rings. The second-order valence-electron chi connectivity index (χ2n) is 3.71. The summed E-state index contributed by atoms with van der Waals surface area (Å²) in [6.07, 6.45) is 5.21. The third kappa shape index (κ3) is 2.83. The highest BCUT2D eigenvalue weighted by Gasteiger charge is 2.00. The van der Waals surface area contributed by atoms with Crippen LogP contribution in [0, 0.1) is 0 Å². The minimum Gasteiger partial charge on any atom is -0.497 e. The highest BCUT2D eigenvalue weighted by Crippen LogP contribution is 2.11. The van der Waals surface area contributed by atoms with Crippen molar-refractivity contribution in [3.8, 4) is 5.75 Å². The Morgan fingerprint density at radius 2 is 1.69 bits per heavy atom. The molecule has 2 rings (SSSR count). The van der Waals surface area contributed by atoms with Gasteiger partial charge in [0.05, 0.1) is 7.11 Å². The maximum absolute atomic E-state index is 5.13. The number of aryl methyl sites for hydroxylation is 2. The molecule has 0 aliphatic carbocycles. The molecule has 2 heteroatoms. The number of aromatic nitrogens is 1. The number of ether oxygens (including phenoxy) is 1. The van der Waals surface area contributed by atoms with Crippen LogP contribution in [0.15, 0.2) is 54.9 Å². The summed E-state index contributed by atoms with van der Waals surface area (Å²) < 4.78 is 7.31. The van der Waals surface area contributed by atoms with E-state index in [0.717, 1.165) is 18.7 Å². The maximum Gasteiger partial charge on any atom is 0.168 e. The van der Waals surface area contributed by atoms with E-state index in [4.69, 9.17) is 4.74 Å². The number of rotatable bonds is 4. The van der Waals surface area contributed by atoms with E-state index in [1.165, 1.54) is 5.56 Å². The molecule has 0 saturated heterocycles. The second kappa shape index (κ2) is 5.31. The summed E-state index contributed by atoms with van der Waals surface area (Å²) in [5.41, 5.74) is 1.33. The number of benzene rings is 1. The molecule has 0 fully saturated rings. The monoisotopic (exact) mass is 214 g/mol. The molecule has 0 saturated carbocycles. The lowest BCUT2D eigenvalue weighted by atomic mass is 10.1. The van der Waals surface area contributed by atoms with Crippen LogP contribution in [-0.2, 0) is 13.0 Å². The van der Waals surface area contributed by atoms with E-state index in [1.54, 1.807) is 7.11 Å². The summed E-state index contributed by atoms with van der Waals surface area (Å²) in [7, 11) is 1.69. The predicted molar refractivity (Wildman–Crippen MR) is 63.3 cm³/mol. The summed E-state index contributed by atoms with van der Waals surface area (Å²) in [5.74, 6) is 0.913. The van der Waals surface area contributed by atoms with Gasteiger partial charge in [-0.2, -0.15) is 0 Å². The largest absolute Gasteiger partial charge is 0.497 e. The van der Waals surface area contributed by atoms with Gasteiger partial charge in [-0.1, -0.05) is 18.2 Å². The number of methoxy groups -OCH3 is 1. The Balaban J connectivity index is 1.94. The maximum atomic E-state index is 5.13. The van der Waals surface area contributed by atoms with E-state index in [0.29, 0.717) is 0 Å². The summed E-state index contributed by atoms with van der Waals surface area (Å²) in [6, 6.07) is 14.4. The van der Waals surface area contributed by atoms with E-state index < -0.39 is 0 Å². The van der Waals surface area contributed by atoms with Gasteiger partial charge in [0.15, 0.2) is 18.9 Å². The Morgan fingerprint density at radius 1 is 1.00 bits per heavy atom. The quantitative estimate of drug-likeness (QED) is 0.711. The molecular weight excluding hydrogens is 198 g/mol. The Morgan fingerprint density at radius 3 is 2.31 bits per heavy atom. The average molecular weight is 214 g/mol. The van der Waals surface area contributed by atoms with Crippen molar-refractivity contribution < 1.29 is 9.30 Å². The Kier molecular flexibility index (Phi) is 3.54.